The number of allylic oxidation sites excluding steroid dienone is 1. The molecule has 7 atom stereocenters. The van der Waals surface area contributed by atoms with Crippen LogP contribution in [0.4, 0.5) is 9.59 Å². The molecule has 2 bridgehead atoms. The van der Waals surface area contributed by atoms with Gasteiger partial charge in [0, 0.05) is 43.6 Å². The molecule has 14 heteroatoms. The number of methoxy groups -OCH3 is 3. The van der Waals surface area contributed by atoms with E-state index < -0.39 is 30.4 Å². The maximum atomic E-state index is 14.1. The van der Waals surface area contributed by atoms with Crippen molar-refractivity contribution >= 4 is 46.1 Å². The van der Waals surface area contributed by atoms with E-state index in [9.17, 15) is 19.2 Å². The van der Waals surface area contributed by atoms with Gasteiger partial charge in [-0.2, -0.15) is 0 Å². The van der Waals surface area contributed by atoms with E-state index in [2.05, 4.69) is 76.3 Å². The fraction of sp³-hybridized carbons (Fsp3) is 0.360. The monoisotopic (exact) mass is 863 g/mol. The maximum Gasteiger partial charge on any atom is 0.407 e. The summed E-state index contributed by atoms with van der Waals surface area (Å²) in [5.41, 5.74) is 7.91. The summed E-state index contributed by atoms with van der Waals surface area (Å²) >= 11 is 0. The van der Waals surface area contributed by atoms with Crippen molar-refractivity contribution in [1.82, 2.24) is 30.4 Å². The standard InChI is InChI=1S/C50H53N7O7/c1-29(62-2)43(54-49(60)63-3)48(59)57-39-21-20-37(25-39)45(57)40-26-38(27-51-40)31-14-12-30(13-15-31)33-16-17-35-24-36(19-18-34(35)23-33)41-28-52-46(53-41)42-11-8-22-56(42)47(58)44(55-50(61)64-4)32-9-6-5-7-10-32/h5-7,9-10,12-19,23-24,27-29,37,39,42-45H,8,11,20-22,25-26H2,1-4H3,(H,52,53)(H,54,60)(H,55,61)/t29-,37+,39-,42+,43+,44-,45+/m1/s1. The molecule has 4 heterocycles. The number of hydrogen-bond donors (Lipinski definition) is 3. The Morgan fingerprint density at radius 2 is 1.47 bits per heavy atom. The van der Waals surface area contributed by atoms with E-state index in [0.717, 1.165) is 82.1 Å². The van der Waals surface area contributed by atoms with Crippen LogP contribution in [-0.4, -0.2) is 102 Å². The van der Waals surface area contributed by atoms with Gasteiger partial charge in [0.05, 0.1) is 44.3 Å². The Hall–Kier alpha value is -6.80. The highest BCUT2D eigenvalue weighted by molar-refractivity contribution is 6.04. The van der Waals surface area contributed by atoms with Crippen molar-refractivity contribution in [3.63, 3.8) is 0 Å². The lowest BCUT2D eigenvalue weighted by Crippen LogP contribution is -2.59. The van der Waals surface area contributed by atoms with Gasteiger partial charge in [-0.1, -0.05) is 78.9 Å². The first-order valence-electron chi connectivity index (χ1n) is 22.0. The summed E-state index contributed by atoms with van der Waals surface area (Å²) < 4.78 is 15.2. The molecular weight excluding hydrogens is 811 g/mol. The van der Waals surface area contributed by atoms with E-state index >= 15 is 0 Å². The third-order valence-corrected chi connectivity index (χ3v) is 13.5. The molecule has 4 aromatic carbocycles. The molecule has 3 N–H and O–H groups in total. The quantitative estimate of drug-likeness (QED) is 0.114. The molecule has 4 aliphatic rings. The average molecular weight is 864 g/mol. The molecule has 0 spiro atoms. The Bertz CT molecular complexity index is 2630. The van der Waals surface area contributed by atoms with Crippen molar-refractivity contribution in [3.05, 3.63) is 120 Å². The number of piperidine rings is 1. The summed E-state index contributed by atoms with van der Waals surface area (Å²) in [6, 6.07) is 28.6. The van der Waals surface area contributed by atoms with E-state index in [0.29, 0.717) is 30.3 Å². The topological polar surface area (TPSA) is 168 Å². The Labute approximate surface area is 372 Å². The van der Waals surface area contributed by atoms with Crippen molar-refractivity contribution in [1.29, 1.82) is 0 Å². The third kappa shape index (κ3) is 8.25. The Kier molecular flexibility index (Phi) is 12.0. The van der Waals surface area contributed by atoms with Gasteiger partial charge in [-0.15, -0.1) is 0 Å². The van der Waals surface area contributed by atoms with Gasteiger partial charge >= 0.3 is 12.2 Å². The number of amides is 4. The molecule has 2 saturated heterocycles. The number of ether oxygens (including phenoxy) is 3. The molecule has 5 aromatic rings. The second-order valence-electron chi connectivity index (χ2n) is 17.1. The van der Waals surface area contributed by atoms with Crippen molar-refractivity contribution < 1.29 is 33.4 Å². The number of aliphatic imine (C=N–C) groups is 1. The summed E-state index contributed by atoms with van der Waals surface area (Å²) in [6.07, 6.45) is 7.04. The zero-order valence-electron chi connectivity index (χ0n) is 36.5. The maximum absolute atomic E-state index is 14.1. The molecule has 14 nitrogen and oxygen atoms in total. The highest BCUT2D eigenvalue weighted by Crippen LogP contribution is 2.45. The molecule has 330 valence electrons. The van der Waals surface area contributed by atoms with Crippen LogP contribution in [0.5, 0.6) is 0 Å². The Morgan fingerprint density at radius 1 is 0.781 bits per heavy atom. The fourth-order valence-corrected chi connectivity index (χ4v) is 10.1. The molecule has 9 rings (SSSR count). The number of likely N-dealkylation sites (tertiary alicyclic amines) is 2. The van der Waals surface area contributed by atoms with Crippen LogP contribution in [0, 0.1) is 5.92 Å². The van der Waals surface area contributed by atoms with Crippen LogP contribution in [0.1, 0.15) is 74.5 Å². The first-order chi connectivity index (χ1) is 31.1. The number of H-pyrrole nitrogens is 1. The second-order valence-corrected chi connectivity index (χ2v) is 17.1. The van der Waals surface area contributed by atoms with E-state index in [1.54, 1.807) is 11.8 Å². The van der Waals surface area contributed by atoms with Crippen LogP contribution in [0.15, 0.2) is 108 Å². The number of fused-ring (bicyclic) bond motifs is 3. The minimum atomic E-state index is -0.882. The second kappa shape index (κ2) is 18.1. The lowest BCUT2D eigenvalue weighted by Gasteiger charge is -2.38. The van der Waals surface area contributed by atoms with Crippen LogP contribution in [0.3, 0.4) is 0 Å². The highest BCUT2D eigenvalue weighted by atomic mass is 16.5. The number of carbonyl (C=O) groups is 4. The normalized spacial score (nSPS) is 21.6. The van der Waals surface area contributed by atoms with E-state index in [4.69, 9.17) is 24.2 Å². The molecule has 64 heavy (non-hydrogen) atoms. The van der Waals surface area contributed by atoms with Crippen molar-refractivity contribution in [2.75, 3.05) is 27.9 Å². The van der Waals surface area contributed by atoms with Crippen LogP contribution >= 0.6 is 0 Å². The zero-order chi connectivity index (χ0) is 44.5. The van der Waals surface area contributed by atoms with E-state index in [-0.39, 0.29) is 29.9 Å². The minimum Gasteiger partial charge on any atom is -0.453 e. The molecule has 1 saturated carbocycles. The van der Waals surface area contributed by atoms with Gasteiger partial charge in [0.25, 0.3) is 5.91 Å². The number of imidazole rings is 1. The van der Waals surface area contributed by atoms with Crippen LogP contribution < -0.4 is 10.6 Å². The first kappa shape index (κ1) is 42.5. The van der Waals surface area contributed by atoms with Gasteiger partial charge in [0.1, 0.15) is 17.9 Å². The van der Waals surface area contributed by atoms with Gasteiger partial charge in [-0.25, -0.2) is 14.6 Å². The molecule has 1 aromatic heterocycles. The van der Waals surface area contributed by atoms with Gasteiger partial charge < -0.3 is 39.6 Å². The number of alkyl carbamates (subject to hydrolysis) is 2. The summed E-state index contributed by atoms with van der Waals surface area (Å²) in [5.74, 6) is 0.669. The summed E-state index contributed by atoms with van der Waals surface area (Å²) in [7, 11) is 4.10. The smallest absolute Gasteiger partial charge is 0.407 e. The largest absolute Gasteiger partial charge is 0.453 e. The van der Waals surface area contributed by atoms with Crippen molar-refractivity contribution in [3.8, 4) is 22.4 Å². The van der Waals surface area contributed by atoms with Gasteiger partial charge in [-0.3, -0.25) is 14.6 Å². The predicted molar refractivity (Wildman–Crippen MR) is 243 cm³/mol. The molecule has 3 aliphatic heterocycles. The lowest BCUT2D eigenvalue weighted by molar-refractivity contribution is -0.139. The predicted octanol–water partition coefficient (Wildman–Crippen LogP) is 7.98. The average Bonchev–Trinajstić information content (AvgIpc) is 4.21. The van der Waals surface area contributed by atoms with Gasteiger partial charge in [0.2, 0.25) is 5.91 Å². The number of hydrogen-bond acceptors (Lipinski definition) is 9. The van der Waals surface area contributed by atoms with E-state index in [1.165, 1.54) is 21.3 Å². The number of nitrogens with zero attached hydrogens (tertiary/aromatic N) is 4. The highest BCUT2D eigenvalue weighted by Gasteiger charge is 2.52. The lowest BCUT2D eigenvalue weighted by atomic mass is 9.89. The fourth-order valence-electron chi connectivity index (χ4n) is 10.1. The first-order valence-corrected chi connectivity index (χ1v) is 22.0. The van der Waals surface area contributed by atoms with E-state index in [1.807, 2.05) is 47.6 Å². The molecule has 0 radical (unpaired) electrons. The number of benzene rings is 4. The number of aromatic amines is 1. The zero-order valence-corrected chi connectivity index (χ0v) is 36.5. The number of nitrogens with one attached hydrogen (secondary N) is 3. The molecular formula is C50H53N7O7. The van der Waals surface area contributed by atoms with Gasteiger partial charge in [0.15, 0.2) is 0 Å². The molecule has 4 amide bonds. The summed E-state index contributed by atoms with van der Waals surface area (Å²) in [5, 5.41) is 7.62. The Balaban J connectivity index is 0.860. The molecule has 3 fully saturated rings. The summed E-state index contributed by atoms with van der Waals surface area (Å²) in [6.45, 7) is 2.33. The Morgan fingerprint density at radius 3 is 2.20 bits per heavy atom. The van der Waals surface area contributed by atoms with Gasteiger partial charge in [-0.05, 0) is 95.7 Å². The van der Waals surface area contributed by atoms with Crippen LogP contribution in [-0.2, 0) is 23.8 Å². The third-order valence-electron chi connectivity index (χ3n) is 13.5. The minimum absolute atomic E-state index is 0.108. The van der Waals surface area contributed by atoms with Crippen LogP contribution in [0.2, 0.25) is 0 Å². The SMILES string of the molecule is COC(=O)N[C@H](C(=O)N1[C@@H]2CC[C@@H](C2)[C@H]1C1=NC=C(c2ccc(-c3ccc4cc(-c5cnc([C@@H]6CCCN6C(=O)[C@H](NC(=O)OC)c6ccccc6)[nH]5)ccc4c3)cc2)C1)[C@@H](C)OC. The number of aromatic nitrogens is 2. The van der Waals surface area contributed by atoms with Crippen molar-refractivity contribution in [2.45, 2.75) is 81.8 Å². The number of rotatable bonds is 12. The van der Waals surface area contributed by atoms with Crippen molar-refractivity contribution in [2.24, 2.45) is 10.9 Å². The molecule has 0 unspecified atom stereocenters. The molecule has 1 aliphatic carbocycles. The number of carbonyl (C=O) groups excluding carboxylic acids is 4. The summed E-state index contributed by atoms with van der Waals surface area (Å²) in [4.78, 5) is 69.4. The van der Waals surface area contributed by atoms with Crippen LogP contribution in [0.25, 0.3) is 38.7 Å².